The quantitative estimate of drug-likeness (QED) is 0.718. The number of fused-ring (bicyclic) bond motifs is 1. The van der Waals surface area contributed by atoms with Crippen LogP contribution in [0.5, 0.6) is 0 Å². The highest BCUT2D eigenvalue weighted by Gasteiger charge is 2.17. The van der Waals surface area contributed by atoms with Crippen molar-refractivity contribution in [3.63, 3.8) is 0 Å². The first kappa shape index (κ1) is 14.8. The molecule has 3 aromatic rings. The van der Waals surface area contributed by atoms with Gasteiger partial charge in [0.2, 0.25) is 5.13 Å². The summed E-state index contributed by atoms with van der Waals surface area (Å²) in [6.45, 7) is 2.00. The Bertz CT molecular complexity index is 1080. The van der Waals surface area contributed by atoms with Gasteiger partial charge in [0, 0.05) is 11.8 Å². The predicted molar refractivity (Wildman–Crippen MR) is 97.5 cm³/mol. The first-order valence-corrected chi connectivity index (χ1v) is 8.59. The van der Waals surface area contributed by atoms with Gasteiger partial charge in [0.05, 0.1) is 21.1 Å². The molecule has 0 aliphatic heterocycles. The summed E-state index contributed by atoms with van der Waals surface area (Å²) in [5, 5.41) is 12.3. The second-order valence-electron chi connectivity index (χ2n) is 5.79. The minimum atomic E-state index is -0.243. The fourth-order valence-electron chi connectivity index (χ4n) is 2.89. The van der Waals surface area contributed by atoms with Crippen LogP contribution in [0.25, 0.3) is 28.5 Å². The van der Waals surface area contributed by atoms with Crippen molar-refractivity contribution in [3.8, 4) is 16.4 Å². The molecule has 0 saturated heterocycles. The molecule has 0 saturated carbocycles. The fraction of sp³-hybridized carbons (Fsp3) is 0.167. The molecular weight excluding hydrogens is 320 g/mol. The summed E-state index contributed by atoms with van der Waals surface area (Å²) in [5.41, 5.74) is 2.75. The number of aryl methyl sites for hydroxylation is 1. The minimum absolute atomic E-state index is 0.243. The van der Waals surface area contributed by atoms with E-state index < -0.39 is 0 Å². The Morgan fingerprint density at radius 2 is 2.17 bits per heavy atom. The van der Waals surface area contributed by atoms with E-state index in [1.165, 1.54) is 16.0 Å². The number of benzene rings is 1. The van der Waals surface area contributed by atoms with E-state index in [2.05, 4.69) is 22.2 Å². The molecule has 120 valence electrons. The highest BCUT2D eigenvalue weighted by atomic mass is 32.1. The maximum atomic E-state index is 12.7. The highest BCUT2D eigenvalue weighted by molar-refractivity contribution is 7.11. The maximum absolute atomic E-state index is 12.7. The number of nitrogens with zero attached hydrogens (tertiary/aromatic N) is 2. The molecule has 2 heterocycles. The number of hydrogen-bond donors (Lipinski definition) is 2. The van der Waals surface area contributed by atoms with Gasteiger partial charge in [0.25, 0.3) is 5.56 Å². The number of thiazole rings is 1. The summed E-state index contributed by atoms with van der Waals surface area (Å²) in [6.07, 6.45) is 7.36. The average molecular weight is 336 g/mol. The zero-order valence-corrected chi connectivity index (χ0v) is 14.0. The molecule has 0 atom stereocenters. The van der Waals surface area contributed by atoms with Gasteiger partial charge in [-0.05, 0) is 25.8 Å². The number of nitrogens with one attached hydrogen (secondary N) is 2. The zero-order valence-electron chi connectivity index (χ0n) is 13.2. The smallest absolute Gasteiger partial charge is 0.282 e. The Morgan fingerprint density at radius 3 is 2.92 bits per heavy atom. The number of H-pyrrole nitrogens is 1. The second kappa shape index (κ2) is 5.72. The van der Waals surface area contributed by atoms with Crippen LogP contribution in [0.2, 0.25) is 0 Å². The van der Waals surface area contributed by atoms with Crippen LogP contribution in [-0.2, 0) is 0 Å². The lowest BCUT2D eigenvalue weighted by atomic mass is 10.1. The molecule has 0 fully saturated rings. The van der Waals surface area contributed by atoms with Crippen molar-refractivity contribution in [2.75, 3.05) is 0 Å². The standard InChI is InChI=1S/C18H16N4OS/c1-11-5-4-6-12(9-11)16-13(10-19)17(23)22(21-16)18-20-14-7-2-3-8-15(14)24-18/h4-10,19,21H,2-3H2,1H3. The van der Waals surface area contributed by atoms with Crippen molar-refractivity contribution >= 4 is 29.7 Å². The van der Waals surface area contributed by atoms with E-state index in [9.17, 15) is 4.79 Å². The van der Waals surface area contributed by atoms with Crippen molar-refractivity contribution in [1.29, 1.82) is 5.41 Å². The van der Waals surface area contributed by atoms with Crippen molar-refractivity contribution in [3.05, 3.63) is 55.6 Å². The molecule has 1 aliphatic carbocycles. The molecule has 0 unspecified atom stereocenters. The fourth-order valence-corrected chi connectivity index (χ4v) is 3.89. The van der Waals surface area contributed by atoms with Crippen LogP contribution in [0.15, 0.2) is 29.1 Å². The van der Waals surface area contributed by atoms with Gasteiger partial charge in [-0.1, -0.05) is 47.3 Å². The Morgan fingerprint density at radius 1 is 1.33 bits per heavy atom. The Labute approximate surface area is 142 Å². The molecule has 5 nitrogen and oxygen atoms in total. The molecule has 0 amide bonds. The van der Waals surface area contributed by atoms with Gasteiger partial charge in [-0.25, -0.2) is 4.98 Å². The summed E-state index contributed by atoms with van der Waals surface area (Å²) in [5.74, 6) is 0. The summed E-state index contributed by atoms with van der Waals surface area (Å²) >= 11 is 1.49. The normalized spacial score (nSPS) is 13.0. The van der Waals surface area contributed by atoms with Crippen LogP contribution in [0.3, 0.4) is 0 Å². The van der Waals surface area contributed by atoms with E-state index in [1.54, 1.807) is 0 Å². The summed E-state index contributed by atoms with van der Waals surface area (Å²) in [7, 11) is 0. The lowest BCUT2D eigenvalue weighted by Gasteiger charge is -2.01. The number of hydrogen-bond acceptors (Lipinski definition) is 4. The van der Waals surface area contributed by atoms with Gasteiger partial charge in [-0.3, -0.25) is 9.89 Å². The first-order valence-electron chi connectivity index (χ1n) is 7.77. The molecule has 6 heteroatoms. The molecule has 24 heavy (non-hydrogen) atoms. The van der Waals surface area contributed by atoms with E-state index in [-0.39, 0.29) is 5.56 Å². The molecule has 1 aliphatic rings. The van der Waals surface area contributed by atoms with Crippen LogP contribution >= 0.6 is 11.3 Å². The van der Waals surface area contributed by atoms with Crippen LogP contribution in [0.4, 0.5) is 0 Å². The zero-order chi connectivity index (χ0) is 16.7. The van der Waals surface area contributed by atoms with Gasteiger partial charge in [0.1, 0.15) is 0 Å². The van der Waals surface area contributed by atoms with E-state index in [4.69, 9.17) is 5.41 Å². The van der Waals surface area contributed by atoms with E-state index in [0.717, 1.165) is 40.1 Å². The largest absolute Gasteiger partial charge is 0.308 e. The van der Waals surface area contributed by atoms with Crippen molar-refractivity contribution in [2.24, 2.45) is 0 Å². The average Bonchev–Trinajstić information content (AvgIpc) is 3.15. The molecule has 1 aromatic carbocycles. The third kappa shape index (κ3) is 2.35. The molecule has 2 aromatic heterocycles. The topological polar surface area (TPSA) is 74.5 Å². The third-order valence-electron chi connectivity index (χ3n) is 4.07. The van der Waals surface area contributed by atoms with Crippen LogP contribution in [0.1, 0.15) is 24.0 Å². The lowest BCUT2D eigenvalue weighted by Crippen LogP contribution is -2.23. The van der Waals surface area contributed by atoms with E-state index in [1.807, 2.05) is 31.2 Å². The summed E-state index contributed by atoms with van der Waals surface area (Å²) in [6, 6.07) is 7.88. The first-order chi connectivity index (χ1) is 11.7. The molecule has 4 rings (SSSR count). The van der Waals surface area contributed by atoms with Crippen molar-refractivity contribution < 1.29 is 0 Å². The SMILES string of the molecule is Cc1cccc(-c2[nH]n(-c3nc4c(s3)=CCCC=4)c(=O)c2C=N)c1. The Balaban J connectivity index is 1.94. The van der Waals surface area contributed by atoms with E-state index >= 15 is 0 Å². The van der Waals surface area contributed by atoms with Gasteiger partial charge < -0.3 is 5.41 Å². The molecule has 0 radical (unpaired) electrons. The van der Waals surface area contributed by atoms with Gasteiger partial charge in [-0.15, -0.1) is 0 Å². The Hall–Kier alpha value is -2.73. The highest BCUT2D eigenvalue weighted by Crippen LogP contribution is 2.20. The maximum Gasteiger partial charge on any atom is 0.282 e. The Kier molecular flexibility index (Phi) is 3.54. The third-order valence-corrected chi connectivity index (χ3v) is 5.12. The van der Waals surface area contributed by atoms with Gasteiger partial charge >= 0.3 is 0 Å². The van der Waals surface area contributed by atoms with Crippen molar-refractivity contribution in [1.82, 2.24) is 14.8 Å². The van der Waals surface area contributed by atoms with Crippen LogP contribution < -0.4 is 15.4 Å². The summed E-state index contributed by atoms with van der Waals surface area (Å²) < 4.78 is 2.55. The van der Waals surface area contributed by atoms with Gasteiger partial charge in [-0.2, -0.15) is 4.68 Å². The number of rotatable bonds is 3. The monoisotopic (exact) mass is 336 g/mol. The number of aromatic nitrogens is 3. The molecule has 2 N–H and O–H groups in total. The lowest BCUT2D eigenvalue weighted by molar-refractivity contribution is 0.838. The molecule has 0 spiro atoms. The minimum Gasteiger partial charge on any atom is -0.308 e. The molecular formula is C18H16N4OS. The summed E-state index contributed by atoms with van der Waals surface area (Å²) in [4.78, 5) is 17.3. The van der Waals surface area contributed by atoms with E-state index in [0.29, 0.717) is 16.4 Å². The van der Waals surface area contributed by atoms with Crippen LogP contribution in [-0.4, -0.2) is 21.0 Å². The van der Waals surface area contributed by atoms with Crippen molar-refractivity contribution in [2.45, 2.75) is 19.8 Å². The number of aromatic amines is 1. The molecule has 0 bridgehead atoms. The van der Waals surface area contributed by atoms with Crippen LogP contribution in [0, 0.1) is 12.3 Å². The van der Waals surface area contributed by atoms with Gasteiger partial charge in [0.15, 0.2) is 0 Å². The predicted octanol–water partition coefficient (Wildman–Crippen LogP) is 1.95. The second-order valence-corrected chi connectivity index (χ2v) is 6.80.